The quantitative estimate of drug-likeness (QED) is 0.408. The van der Waals surface area contributed by atoms with Gasteiger partial charge < -0.3 is 20.1 Å². The molecule has 2 aromatic rings. The van der Waals surface area contributed by atoms with Crippen LogP contribution in [0.5, 0.6) is 0 Å². The van der Waals surface area contributed by atoms with Gasteiger partial charge in [0.25, 0.3) is 0 Å². The van der Waals surface area contributed by atoms with Gasteiger partial charge in [0, 0.05) is 36.3 Å². The van der Waals surface area contributed by atoms with Crippen molar-refractivity contribution < 1.29 is 23.5 Å². The fourth-order valence-corrected chi connectivity index (χ4v) is 6.52. The van der Waals surface area contributed by atoms with E-state index in [1.807, 2.05) is 18.0 Å². The zero-order valence-corrected chi connectivity index (χ0v) is 24.5. The molecule has 2 aromatic carbocycles. The molecule has 10 heteroatoms. The molecule has 0 saturated carbocycles. The maximum Gasteiger partial charge on any atom is 0.238 e. The van der Waals surface area contributed by atoms with E-state index in [0.29, 0.717) is 42.5 Å². The molecular weight excluding hydrogens is 544 g/mol. The smallest absolute Gasteiger partial charge is 0.238 e. The minimum atomic E-state index is -1.27. The highest BCUT2D eigenvalue weighted by Crippen LogP contribution is 2.59. The number of anilines is 1. The van der Waals surface area contributed by atoms with Gasteiger partial charge >= 0.3 is 0 Å². The first-order valence-corrected chi connectivity index (χ1v) is 13.8. The molecule has 7 nitrogen and oxygen atoms in total. The van der Waals surface area contributed by atoms with Crippen molar-refractivity contribution in [2.75, 3.05) is 45.8 Å². The number of amides is 2. The van der Waals surface area contributed by atoms with Gasteiger partial charge in [-0.25, -0.2) is 4.39 Å². The Morgan fingerprint density at radius 1 is 1.18 bits per heavy atom. The average Bonchev–Trinajstić information content (AvgIpc) is 3.28. The number of fused-ring (bicyclic) bond motifs is 2. The van der Waals surface area contributed by atoms with Crippen molar-refractivity contribution in [1.82, 2.24) is 10.2 Å². The third-order valence-corrected chi connectivity index (χ3v) is 8.21. The molecule has 2 aliphatic heterocycles. The summed E-state index contributed by atoms with van der Waals surface area (Å²) < 4.78 is 26.3. The summed E-state index contributed by atoms with van der Waals surface area (Å²) in [6.07, 6.45) is 0.571. The lowest BCUT2D eigenvalue weighted by atomic mass is 9.62. The number of carbonyl (C=O) groups excluding carboxylic acids is 2. The van der Waals surface area contributed by atoms with Gasteiger partial charge in [-0.3, -0.25) is 14.5 Å². The monoisotopic (exact) mass is 579 g/mol. The minimum Gasteiger partial charge on any atom is -0.382 e. The topological polar surface area (TPSA) is 79.9 Å². The summed E-state index contributed by atoms with van der Waals surface area (Å²) in [6.45, 7) is 7.66. The van der Waals surface area contributed by atoms with Gasteiger partial charge in [0.05, 0.1) is 30.9 Å². The zero-order valence-electron chi connectivity index (χ0n) is 22.9. The van der Waals surface area contributed by atoms with Crippen LogP contribution in [0.4, 0.5) is 10.1 Å². The lowest BCUT2D eigenvalue weighted by Gasteiger charge is -2.39. The van der Waals surface area contributed by atoms with Gasteiger partial charge in [0.15, 0.2) is 0 Å². The summed E-state index contributed by atoms with van der Waals surface area (Å²) in [7, 11) is 3.42. The molecule has 0 unspecified atom stereocenters. The molecular formula is C29H36Cl2FN3O4. The second kappa shape index (κ2) is 11.7. The van der Waals surface area contributed by atoms with E-state index in [4.69, 9.17) is 32.7 Å². The van der Waals surface area contributed by atoms with E-state index in [2.05, 4.69) is 31.4 Å². The molecule has 2 amide bonds. The molecule has 0 bridgehead atoms. The highest BCUT2D eigenvalue weighted by Gasteiger charge is 2.68. The Kier molecular flexibility index (Phi) is 8.93. The lowest BCUT2D eigenvalue weighted by molar-refractivity contribution is -0.126. The van der Waals surface area contributed by atoms with E-state index in [1.54, 1.807) is 31.4 Å². The Hall–Kier alpha value is -2.23. The first-order chi connectivity index (χ1) is 18.4. The average molecular weight is 581 g/mol. The third kappa shape index (κ3) is 5.55. The normalized spacial score (nSPS) is 24.7. The summed E-state index contributed by atoms with van der Waals surface area (Å²) in [4.78, 5) is 30.1. The van der Waals surface area contributed by atoms with Gasteiger partial charge in [0.2, 0.25) is 11.8 Å². The van der Waals surface area contributed by atoms with Crippen LogP contribution in [0.15, 0.2) is 36.4 Å². The van der Waals surface area contributed by atoms with E-state index in [0.717, 1.165) is 0 Å². The van der Waals surface area contributed by atoms with Crippen LogP contribution in [0, 0.1) is 11.2 Å². The highest BCUT2D eigenvalue weighted by molar-refractivity contribution is 6.31. The number of likely N-dealkylation sites (tertiary alicyclic amines) is 1. The van der Waals surface area contributed by atoms with Crippen molar-refractivity contribution in [3.63, 3.8) is 0 Å². The van der Waals surface area contributed by atoms with Crippen LogP contribution in [-0.4, -0.2) is 69.3 Å². The maximum absolute atomic E-state index is 15.8. The van der Waals surface area contributed by atoms with Crippen LogP contribution in [-0.2, 0) is 24.5 Å². The number of likely N-dealkylation sites (N-methyl/N-ethyl adjacent to an activating group) is 1. The number of rotatable bonds is 9. The van der Waals surface area contributed by atoms with E-state index in [-0.39, 0.29) is 34.4 Å². The van der Waals surface area contributed by atoms with Crippen LogP contribution in [0.1, 0.15) is 44.2 Å². The van der Waals surface area contributed by atoms with Crippen molar-refractivity contribution >= 4 is 40.7 Å². The number of carbonyl (C=O) groups is 2. The highest BCUT2D eigenvalue weighted by atomic mass is 35.5. The molecule has 0 aromatic heterocycles. The van der Waals surface area contributed by atoms with Gasteiger partial charge in [-0.05, 0) is 48.2 Å². The van der Waals surface area contributed by atoms with E-state index in [1.165, 1.54) is 6.07 Å². The van der Waals surface area contributed by atoms with E-state index >= 15 is 4.39 Å². The SMILES string of the molecule is COCCOCCNC(=O)[C@H]1[C@H](c2cccc(Cl)c2F)[C@@]2(C(=O)Nc3cc(Cl)ccc32)[C@@H](CC(C)(C)C)N1C. The molecule has 2 N–H and O–H groups in total. The maximum atomic E-state index is 15.8. The molecule has 0 aliphatic carbocycles. The minimum absolute atomic E-state index is 0.0648. The largest absolute Gasteiger partial charge is 0.382 e. The van der Waals surface area contributed by atoms with Crippen molar-refractivity contribution in [2.45, 2.75) is 50.6 Å². The number of methoxy groups -OCH3 is 1. The molecule has 0 radical (unpaired) electrons. The van der Waals surface area contributed by atoms with Crippen molar-refractivity contribution in [1.29, 1.82) is 0 Å². The van der Waals surface area contributed by atoms with Crippen LogP contribution in [0.3, 0.4) is 0 Å². The second-order valence-electron chi connectivity index (χ2n) is 11.4. The Bertz CT molecular complexity index is 1240. The summed E-state index contributed by atoms with van der Waals surface area (Å²) in [5.74, 6) is -2.11. The Morgan fingerprint density at radius 3 is 2.62 bits per heavy atom. The third-order valence-electron chi connectivity index (χ3n) is 7.68. The first-order valence-electron chi connectivity index (χ1n) is 13.0. The standard InChI is InChI=1S/C29H36Cl2FN3O4/c1-28(2,3)16-22-29(19-10-9-17(30)15-21(19)34-27(29)37)23(18-7-6-8-20(31)24(18)32)25(35(22)4)26(36)33-11-12-39-14-13-38-5/h6-10,15,22-23,25H,11-14,16H2,1-5H3,(H,33,36)(H,34,37)/t22-,23+,25-,29+/m1/s1. The predicted molar refractivity (Wildman–Crippen MR) is 151 cm³/mol. The summed E-state index contributed by atoms with van der Waals surface area (Å²) in [5.41, 5.74) is 0.00436. The number of hydrogen-bond acceptors (Lipinski definition) is 5. The fourth-order valence-electron chi connectivity index (χ4n) is 6.17. The zero-order chi connectivity index (χ0) is 28.5. The number of ether oxygens (including phenoxy) is 2. The van der Waals surface area contributed by atoms with Crippen molar-refractivity contribution in [2.24, 2.45) is 5.41 Å². The van der Waals surface area contributed by atoms with E-state index in [9.17, 15) is 9.59 Å². The Labute approximate surface area is 239 Å². The van der Waals surface area contributed by atoms with Crippen molar-refractivity contribution in [3.8, 4) is 0 Å². The van der Waals surface area contributed by atoms with Crippen LogP contribution in [0.2, 0.25) is 10.0 Å². The van der Waals surface area contributed by atoms with Gasteiger partial charge in [-0.1, -0.05) is 62.2 Å². The molecule has 39 heavy (non-hydrogen) atoms. The summed E-state index contributed by atoms with van der Waals surface area (Å²) in [5, 5.41) is 6.36. The Morgan fingerprint density at radius 2 is 1.92 bits per heavy atom. The van der Waals surface area contributed by atoms with Crippen LogP contribution < -0.4 is 10.6 Å². The molecule has 2 heterocycles. The molecule has 1 spiro atoms. The number of nitrogens with zero attached hydrogens (tertiary/aromatic N) is 1. The molecule has 1 fully saturated rings. The van der Waals surface area contributed by atoms with Crippen LogP contribution in [0.25, 0.3) is 0 Å². The fraction of sp³-hybridized carbons (Fsp3) is 0.517. The lowest BCUT2D eigenvalue weighted by Crippen LogP contribution is -2.50. The van der Waals surface area contributed by atoms with Gasteiger partial charge in [0.1, 0.15) is 11.2 Å². The number of benzene rings is 2. The number of nitrogens with one attached hydrogen (secondary N) is 2. The summed E-state index contributed by atoms with van der Waals surface area (Å²) in [6, 6.07) is 8.69. The molecule has 4 atom stereocenters. The second-order valence-corrected chi connectivity index (χ2v) is 12.3. The Balaban J connectivity index is 1.87. The first kappa shape index (κ1) is 29.7. The van der Waals surface area contributed by atoms with Gasteiger partial charge in [-0.15, -0.1) is 0 Å². The van der Waals surface area contributed by atoms with E-state index < -0.39 is 29.2 Å². The molecule has 2 aliphatic rings. The van der Waals surface area contributed by atoms with Crippen LogP contribution >= 0.6 is 23.2 Å². The van der Waals surface area contributed by atoms with Gasteiger partial charge in [-0.2, -0.15) is 0 Å². The molecule has 4 rings (SSSR count). The molecule has 212 valence electrons. The molecule has 1 saturated heterocycles. The number of hydrogen-bond donors (Lipinski definition) is 2. The number of halogens is 3. The predicted octanol–water partition coefficient (Wildman–Crippen LogP) is 5.00. The van der Waals surface area contributed by atoms with Crippen molar-refractivity contribution in [3.05, 3.63) is 63.4 Å². The summed E-state index contributed by atoms with van der Waals surface area (Å²) >= 11 is 12.6.